The number of ether oxygens (including phenoxy) is 2. The maximum absolute atomic E-state index is 12.6. The number of hydrogen-bond acceptors (Lipinski definition) is 6. The molecule has 3 N–H and O–H groups in total. The molecule has 0 aromatic carbocycles. The van der Waals surface area contributed by atoms with E-state index >= 15 is 0 Å². The van der Waals surface area contributed by atoms with Gasteiger partial charge in [-0.15, -0.1) is 0 Å². The van der Waals surface area contributed by atoms with E-state index in [-0.39, 0.29) is 18.8 Å². The molecule has 0 amide bonds. The Hall–Kier alpha value is -1.63. The van der Waals surface area contributed by atoms with Gasteiger partial charge in [0.05, 0.1) is 6.42 Å². The average Bonchev–Trinajstić information content (AvgIpc) is 2.53. The Morgan fingerprint density at radius 1 is 1.12 bits per heavy atom. The minimum atomic E-state index is -1.05. The van der Waals surface area contributed by atoms with Gasteiger partial charge in [-0.2, -0.15) is 0 Å². The predicted octanol–water partition coefficient (Wildman–Crippen LogP) is 2.61. The molecule has 0 bridgehead atoms. The summed E-state index contributed by atoms with van der Waals surface area (Å²) in [6, 6.07) is -1.05. The first-order valence-corrected chi connectivity index (χ1v) is 9.09. The van der Waals surface area contributed by atoms with E-state index in [2.05, 4.69) is 0 Å². The monoisotopic (exact) mass is 357 g/mol. The van der Waals surface area contributed by atoms with Crippen LogP contribution in [-0.2, 0) is 23.9 Å². The highest BCUT2D eigenvalue weighted by molar-refractivity contribution is 5.79. The number of rotatable bonds is 9. The van der Waals surface area contributed by atoms with Crippen molar-refractivity contribution in [2.75, 3.05) is 0 Å². The van der Waals surface area contributed by atoms with E-state index in [9.17, 15) is 19.5 Å². The van der Waals surface area contributed by atoms with Crippen LogP contribution in [0.15, 0.2) is 0 Å². The normalized spacial score (nSPS) is 19.1. The van der Waals surface area contributed by atoms with Crippen molar-refractivity contribution in [3.8, 4) is 0 Å². The largest absolute Gasteiger partial charge is 0.481 e. The van der Waals surface area contributed by atoms with Crippen LogP contribution in [-0.4, -0.2) is 35.3 Å². The fourth-order valence-electron chi connectivity index (χ4n) is 3.28. The second-order valence-corrected chi connectivity index (χ2v) is 7.26. The number of carboxylic acid groups (broad SMARTS) is 1. The van der Waals surface area contributed by atoms with Gasteiger partial charge in [-0.25, -0.2) is 0 Å². The Labute approximate surface area is 149 Å². The van der Waals surface area contributed by atoms with Crippen LogP contribution < -0.4 is 5.73 Å². The van der Waals surface area contributed by atoms with Crippen LogP contribution in [0.1, 0.15) is 72.1 Å². The van der Waals surface area contributed by atoms with Gasteiger partial charge < -0.3 is 20.3 Å². The molecule has 1 aliphatic rings. The molecule has 0 aromatic rings. The van der Waals surface area contributed by atoms with Gasteiger partial charge in [-0.05, 0) is 19.3 Å². The summed E-state index contributed by atoms with van der Waals surface area (Å²) < 4.78 is 10.6. The fraction of sp³-hybridized carbons (Fsp3) is 0.833. The Morgan fingerprint density at radius 2 is 1.72 bits per heavy atom. The standard InChI is InChI=1S/C18H31NO6/c1-4-8-14(22)24-17(12(2)3)25-16(23)15(19)18(11-13(20)21)9-6-5-7-10-18/h12,15,17H,4-11,19H2,1-3H3,(H,20,21). The van der Waals surface area contributed by atoms with Crippen molar-refractivity contribution in [2.45, 2.75) is 84.5 Å². The summed E-state index contributed by atoms with van der Waals surface area (Å²) in [5.41, 5.74) is 5.34. The van der Waals surface area contributed by atoms with E-state index in [1.54, 1.807) is 13.8 Å². The van der Waals surface area contributed by atoms with Crippen molar-refractivity contribution in [1.29, 1.82) is 0 Å². The van der Waals surface area contributed by atoms with E-state index < -0.39 is 35.7 Å². The lowest BCUT2D eigenvalue weighted by molar-refractivity contribution is -0.199. The third kappa shape index (κ3) is 6.30. The Morgan fingerprint density at radius 3 is 2.20 bits per heavy atom. The minimum absolute atomic E-state index is 0.161. The van der Waals surface area contributed by atoms with Gasteiger partial charge >= 0.3 is 17.9 Å². The molecule has 0 aromatic heterocycles. The van der Waals surface area contributed by atoms with Gasteiger partial charge in [-0.3, -0.25) is 14.4 Å². The SMILES string of the molecule is CCCC(=O)OC(OC(=O)C(N)C1(CC(=O)O)CCCCC1)C(C)C. The first kappa shape index (κ1) is 21.4. The van der Waals surface area contributed by atoms with Gasteiger partial charge in [0.15, 0.2) is 0 Å². The number of hydrogen-bond donors (Lipinski definition) is 2. The molecule has 2 atom stereocenters. The lowest BCUT2D eigenvalue weighted by Crippen LogP contribution is -2.51. The predicted molar refractivity (Wildman–Crippen MR) is 91.5 cm³/mol. The molecule has 1 fully saturated rings. The molecule has 1 rings (SSSR count). The Kier molecular flexibility index (Phi) is 8.35. The Balaban J connectivity index is 2.82. The van der Waals surface area contributed by atoms with Crippen LogP contribution >= 0.6 is 0 Å². The molecule has 25 heavy (non-hydrogen) atoms. The molecule has 0 saturated heterocycles. The molecular formula is C18H31NO6. The molecule has 1 aliphatic carbocycles. The van der Waals surface area contributed by atoms with E-state index in [0.717, 1.165) is 19.3 Å². The van der Waals surface area contributed by atoms with E-state index in [0.29, 0.717) is 19.3 Å². The fourth-order valence-corrected chi connectivity index (χ4v) is 3.28. The van der Waals surface area contributed by atoms with Gasteiger partial charge in [0, 0.05) is 17.8 Å². The average molecular weight is 357 g/mol. The van der Waals surface area contributed by atoms with Crippen molar-refractivity contribution in [3.63, 3.8) is 0 Å². The lowest BCUT2D eigenvalue weighted by Gasteiger charge is -2.40. The summed E-state index contributed by atoms with van der Waals surface area (Å²) in [6.07, 6.45) is 3.56. The quantitative estimate of drug-likeness (QED) is 0.481. The highest BCUT2D eigenvalue weighted by atomic mass is 16.7. The van der Waals surface area contributed by atoms with Crippen molar-refractivity contribution < 1.29 is 29.0 Å². The molecule has 144 valence electrons. The van der Waals surface area contributed by atoms with E-state index in [1.807, 2.05) is 6.92 Å². The molecule has 0 spiro atoms. The van der Waals surface area contributed by atoms with Crippen LogP contribution in [0.25, 0.3) is 0 Å². The van der Waals surface area contributed by atoms with Crippen LogP contribution in [0.2, 0.25) is 0 Å². The zero-order chi connectivity index (χ0) is 19.0. The maximum atomic E-state index is 12.6. The first-order valence-electron chi connectivity index (χ1n) is 9.09. The Bertz CT molecular complexity index is 470. The number of nitrogens with two attached hydrogens (primary N) is 1. The summed E-state index contributed by atoms with van der Waals surface area (Å²) >= 11 is 0. The molecule has 0 heterocycles. The number of esters is 2. The van der Waals surface area contributed by atoms with Gasteiger partial charge in [0.25, 0.3) is 0 Å². The van der Waals surface area contributed by atoms with Crippen molar-refractivity contribution in [1.82, 2.24) is 0 Å². The lowest BCUT2D eigenvalue weighted by atomic mass is 9.67. The van der Waals surface area contributed by atoms with Crippen LogP contribution in [0.3, 0.4) is 0 Å². The molecule has 0 aliphatic heterocycles. The zero-order valence-corrected chi connectivity index (χ0v) is 15.5. The van der Waals surface area contributed by atoms with Crippen molar-refractivity contribution in [2.24, 2.45) is 17.1 Å². The van der Waals surface area contributed by atoms with E-state index in [1.165, 1.54) is 0 Å². The third-order valence-electron chi connectivity index (χ3n) is 4.74. The second-order valence-electron chi connectivity index (χ2n) is 7.26. The molecule has 7 heteroatoms. The van der Waals surface area contributed by atoms with Gasteiger partial charge in [0.1, 0.15) is 6.04 Å². The molecule has 0 radical (unpaired) electrons. The summed E-state index contributed by atoms with van der Waals surface area (Å²) in [4.78, 5) is 35.5. The zero-order valence-electron chi connectivity index (χ0n) is 15.5. The van der Waals surface area contributed by atoms with Gasteiger partial charge in [0.2, 0.25) is 6.29 Å². The van der Waals surface area contributed by atoms with E-state index in [4.69, 9.17) is 15.2 Å². The number of carboxylic acids is 1. The smallest absolute Gasteiger partial charge is 0.326 e. The first-order chi connectivity index (χ1) is 11.7. The summed E-state index contributed by atoms with van der Waals surface area (Å²) in [5.74, 6) is -2.33. The summed E-state index contributed by atoms with van der Waals surface area (Å²) in [5, 5.41) is 9.23. The third-order valence-corrected chi connectivity index (χ3v) is 4.74. The summed E-state index contributed by atoms with van der Waals surface area (Å²) in [7, 11) is 0. The molecular weight excluding hydrogens is 326 g/mol. The maximum Gasteiger partial charge on any atom is 0.326 e. The number of carbonyl (C=O) groups is 3. The molecule has 7 nitrogen and oxygen atoms in total. The molecule has 1 saturated carbocycles. The number of aliphatic carboxylic acids is 1. The van der Waals surface area contributed by atoms with Crippen LogP contribution in [0.4, 0.5) is 0 Å². The van der Waals surface area contributed by atoms with Crippen LogP contribution in [0.5, 0.6) is 0 Å². The second kappa shape index (κ2) is 9.75. The number of carbonyl (C=O) groups excluding carboxylic acids is 2. The van der Waals surface area contributed by atoms with Crippen molar-refractivity contribution >= 4 is 17.9 Å². The van der Waals surface area contributed by atoms with Crippen LogP contribution in [0, 0.1) is 11.3 Å². The molecule has 2 unspecified atom stereocenters. The highest BCUT2D eigenvalue weighted by Gasteiger charge is 2.45. The highest BCUT2D eigenvalue weighted by Crippen LogP contribution is 2.42. The van der Waals surface area contributed by atoms with Crippen molar-refractivity contribution in [3.05, 3.63) is 0 Å². The summed E-state index contributed by atoms with van der Waals surface area (Å²) in [6.45, 7) is 5.40. The van der Waals surface area contributed by atoms with Gasteiger partial charge in [-0.1, -0.05) is 40.0 Å². The topological polar surface area (TPSA) is 116 Å². The minimum Gasteiger partial charge on any atom is -0.481 e.